The molecule has 2 fully saturated rings. The first-order valence-electron chi connectivity index (χ1n) is 8.33. The molecule has 2 aliphatic heterocycles. The molecule has 1 amide bonds. The summed E-state index contributed by atoms with van der Waals surface area (Å²) in [6.07, 6.45) is 7.66. The fourth-order valence-corrected chi connectivity index (χ4v) is 3.32. The number of carbonyl (C=O) groups is 1. The molecule has 2 aliphatic rings. The zero-order chi connectivity index (χ0) is 15.4. The number of aromatic nitrogens is 1. The first-order chi connectivity index (χ1) is 10.8. The summed E-state index contributed by atoms with van der Waals surface area (Å²) in [4.78, 5) is 21.3. The fraction of sp³-hybridized carbons (Fsp3) is 0.647. The van der Waals surface area contributed by atoms with Gasteiger partial charge in [0.05, 0.1) is 11.7 Å². The van der Waals surface area contributed by atoms with Gasteiger partial charge in [-0.05, 0) is 44.2 Å². The highest BCUT2D eigenvalue weighted by molar-refractivity contribution is 5.98. The number of hydrogen-bond acceptors (Lipinski definition) is 4. The van der Waals surface area contributed by atoms with Crippen molar-refractivity contribution in [2.24, 2.45) is 0 Å². The van der Waals surface area contributed by atoms with E-state index < -0.39 is 0 Å². The molecule has 2 saturated heterocycles. The van der Waals surface area contributed by atoms with Crippen LogP contribution in [0.3, 0.4) is 0 Å². The van der Waals surface area contributed by atoms with Crippen LogP contribution in [0, 0.1) is 0 Å². The minimum atomic E-state index is 0.113. The lowest BCUT2D eigenvalue weighted by Gasteiger charge is -2.29. The smallest absolute Gasteiger partial charge is 0.257 e. The van der Waals surface area contributed by atoms with Gasteiger partial charge < -0.3 is 14.5 Å². The number of likely N-dealkylation sites (N-methyl/N-ethyl adjacent to an activating group) is 1. The number of amides is 1. The van der Waals surface area contributed by atoms with Crippen LogP contribution in [0.5, 0.6) is 0 Å². The lowest BCUT2D eigenvalue weighted by atomic mass is 10.1. The lowest BCUT2D eigenvalue weighted by Crippen LogP contribution is -2.37. The van der Waals surface area contributed by atoms with Crippen molar-refractivity contribution < 1.29 is 9.53 Å². The Labute approximate surface area is 132 Å². The molecule has 120 valence electrons. The van der Waals surface area contributed by atoms with Crippen molar-refractivity contribution in [3.8, 4) is 0 Å². The van der Waals surface area contributed by atoms with Gasteiger partial charge in [0.1, 0.15) is 5.82 Å². The number of likely N-dealkylation sites (tertiary alicyclic amines) is 1. The van der Waals surface area contributed by atoms with Crippen molar-refractivity contribution in [1.82, 2.24) is 9.88 Å². The molecule has 3 rings (SSSR count). The Hall–Kier alpha value is -1.62. The maximum atomic E-state index is 12.8. The van der Waals surface area contributed by atoms with Crippen LogP contribution in [0.2, 0.25) is 0 Å². The molecule has 3 heterocycles. The average molecular weight is 303 g/mol. The van der Waals surface area contributed by atoms with E-state index in [1.807, 2.05) is 24.1 Å². The molecule has 5 nitrogen and oxygen atoms in total. The second kappa shape index (κ2) is 7.09. The van der Waals surface area contributed by atoms with Crippen LogP contribution in [0.25, 0.3) is 0 Å². The molecule has 0 radical (unpaired) electrons. The molecule has 5 heteroatoms. The summed E-state index contributed by atoms with van der Waals surface area (Å²) in [6, 6.07) is 3.74. The van der Waals surface area contributed by atoms with Crippen LogP contribution in [-0.2, 0) is 4.74 Å². The lowest BCUT2D eigenvalue weighted by molar-refractivity contribution is 0.0724. The summed E-state index contributed by atoms with van der Waals surface area (Å²) in [5.74, 6) is 0.885. The van der Waals surface area contributed by atoms with Gasteiger partial charge in [0, 0.05) is 39.5 Å². The first-order valence-corrected chi connectivity index (χ1v) is 8.33. The summed E-state index contributed by atoms with van der Waals surface area (Å²) in [7, 11) is 2.00. The third kappa shape index (κ3) is 3.40. The minimum Gasteiger partial charge on any atom is -0.376 e. The highest BCUT2D eigenvalue weighted by atomic mass is 16.5. The van der Waals surface area contributed by atoms with E-state index in [1.54, 1.807) is 6.20 Å². The Balaban J connectivity index is 1.74. The van der Waals surface area contributed by atoms with Crippen LogP contribution >= 0.6 is 0 Å². The van der Waals surface area contributed by atoms with Crippen molar-refractivity contribution in [2.75, 3.05) is 38.2 Å². The molecule has 0 N–H and O–H groups in total. The molecular weight excluding hydrogens is 278 g/mol. The molecule has 1 unspecified atom stereocenters. The molecule has 0 bridgehead atoms. The number of rotatable bonds is 4. The Kier molecular flexibility index (Phi) is 4.93. The number of nitrogens with zero attached hydrogens (tertiary/aromatic N) is 3. The predicted octanol–water partition coefficient (Wildman–Crippen LogP) is 2.32. The van der Waals surface area contributed by atoms with Crippen LogP contribution in [0.15, 0.2) is 18.3 Å². The van der Waals surface area contributed by atoms with Gasteiger partial charge in [-0.3, -0.25) is 4.79 Å². The van der Waals surface area contributed by atoms with E-state index in [4.69, 9.17) is 4.74 Å². The highest BCUT2D eigenvalue weighted by Crippen LogP contribution is 2.22. The van der Waals surface area contributed by atoms with Crippen LogP contribution < -0.4 is 4.90 Å². The van der Waals surface area contributed by atoms with Gasteiger partial charge >= 0.3 is 0 Å². The number of hydrogen-bond donors (Lipinski definition) is 0. The maximum Gasteiger partial charge on any atom is 0.257 e. The fourth-order valence-electron chi connectivity index (χ4n) is 3.32. The normalized spacial score (nSPS) is 21.9. The largest absolute Gasteiger partial charge is 0.376 e. The van der Waals surface area contributed by atoms with Gasteiger partial charge in [-0.1, -0.05) is 0 Å². The van der Waals surface area contributed by atoms with E-state index in [-0.39, 0.29) is 12.0 Å². The quantitative estimate of drug-likeness (QED) is 0.856. The minimum absolute atomic E-state index is 0.113. The zero-order valence-electron chi connectivity index (χ0n) is 13.3. The molecule has 22 heavy (non-hydrogen) atoms. The highest BCUT2D eigenvalue weighted by Gasteiger charge is 2.24. The summed E-state index contributed by atoms with van der Waals surface area (Å²) in [5.41, 5.74) is 0.713. The number of pyridine rings is 1. The van der Waals surface area contributed by atoms with Gasteiger partial charge in [0.2, 0.25) is 0 Å². The topological polar surface area (TPSA) is 45.7 Å². The van der Waals surface area contributed by atoms with E-state index in [9.17, 15) is 4.79 Å². The number of piperidine rings is 1. The molecule has 1 aromatic heterocycles. The third-order valence-electron chi connectivity index (χ3n) is 4.52. The SMILES string of the molecule is CN(CC1CCCO1)c1ncccc1C(=O)N1CCCCC1. The van der Waals surface area contributed by atoms with Gasteiger partial charge in [0.25, 0.3) is 5.91 Å². The van der Waals surface area contributed by atoms with Gasteiger partial charge in [-0.2, -0.15) is 0 Å². The van der Waals surface area contributed by atoms with Crippen molar-refractivity contribution in [2.45, 2.75) is 38.2 Å². The standard InChI is InChI=1S/C17H25N3O2/c1-19(13-14-7-6-12-22-14)16-15(8-5-9-18-16)17(21)20-10-3-2-4-11-20/h5,8-9,14H,2-4,6-7,10-13H2,1H3. The molecule has 1 aromatic rings. The van der Waals surface area contributed by atoms with E-state index in [1.165, 1.54) is 6.42 Å². The Morgan fingerprint density at radius 1 is 1.36 bits per heavy atom. The molecule has 0 aliphatic carbocycles. The zero-order valence-corrected chi connectivity index (χ0v) is 13.3. The van der Waals surface area contributed by atoms with Gasteiger partial charge in [-0.15, -0.1) is 0 Å². The Morgan fingerprint density at radius 3 is 2.91 bits per heavy atom. The average Bonchev–Trinajstić information content (AvgIpc) is 3.08. The first kappa shape index (κ1) is 15.3. The van der Waals surface area contributed by atoms with Crippen LogP contribution in [0.1, 0.15) is 42.5 Å². The van der Waals surface area contributed by atoms with E-state index in [0.717, 1.165) is 57.7 Å². The number of anilines is 1. The molecule has 0 spiro atoms. The predicted molar refractivity (Wildman–Crippen MR) is 86.2 cm³/mol. The van der Waals surface area contributed by atoms with E-state index in [2.05, 4.69) is 9.88 Å². The summed E-state index contributed by atoms with van der Waals surface area (Å²) >= 11 is 0. The summed E-state index contributed by atoms with van der Waals surface area (Å²) in [5, 5.41) is 0. The number of ether oxygens (including phenoxy) is 1. The maximum absolute atomic E-state index is 12.8. The molecular formula is C17H25N3O2. The molecule has 0 aromatic carbocycles. The summed E-state index contributed by atoms with van der Waals surface area (Å²) in [6.45, 7) is 3.36. The second-order valence-corrected chi connectivity index (χ2v) is 6.24. The van der Waals surface area contributed by atoms with Crippen molar-refractivity contribution in [1.29, 1.82) is 0 Å². The number of carbonyl (C=O) groups excluding carboxylic acids is 1. The second-order valence-electron chi connectivity index (χ2n) is 6.24. The van der Waals surface area contributed by atoms with Gasteiger partial charge in [0.15, 0.2) is 0 Å². The van der Waals surface area contributed by atoms with Gasteiger partial charge in [-0.25, -0.2) is 4.98 Å². The summed E-state index contributed by atoms with van der Waals surface area (Å²) < 4.78 is 5.70. The third-order valence-corrected chi connectivity index (χ3v) is 4.52. The van der Waals surface area contributed by atoms with Crippen LogP contribution in [-0.4, -0.2) is 55.2 Å². The van der Waals surface area contributed by atoms with Crippen molar-refractivity contribution >= 4 is 11.7 Å². The van der Waals surface area contributed by atoms with E-state index >= 15 is 0 Å². The van der Waals surface area contributed by atoms with E-state index in [0.29, 0.717) is 5.56 Å². The van der Waals surface area contributed by atoms with Crippen molar-refractivity contribution in [3.63, 3.8) is 0 Å². The molecule has 1 atom stereocenters. The Bertz CT molecular complexity index is 508. The molecule has 0 saturated carbocycles. The monoisotopic (exact) mass is 303 g/mol. The van der Waals surface area contributed by atoms with Crippen LogP contribution in [0.4, 0.5) is 5.82 Å². The van der Waals surface area contributed by atoms with Crippen molar-refractivity contribution in [3.05, 3.63) is 23.9 Å². The Morgan fingerprint density at radius 2 is 2.18 bits per heavy atom.